The molecule has 0 fully saturated rings. The van der Waals surface area contributed by atoms with Gasteiger partial charge in [-0.25, -0.2) is 0 Å². The van der Waals surface area contributed by atoms with Crippen molar-refractivity contribution < 1.29 is 0 Å². The largest absolute Gasteiger partial charge is 0.305 e. The topological polar surface area (TPSA) is 12.0 Å². The number of halogens is 3. The van der Waals surface area contributed by atoms with E-state index in [-0.39, 0.29) is 6.04 Å². The van der Waals surface area contributed by atoms with Gasteiger partial charge in [-0.2, -0.15) is 0 Å². The highest BCUT2D eigenvalue weighted by Gasteiger charge is 2.09. The lowest BCUT2D eigenvalue weighted by Crippen LogP contribution is -2.17. The summed E-state index contributed by atoms with van der Waals surface area (Å²) in [7, 11) is 0. The van der Waals surface area contributed by atoms with Crippen LogP contribution in [0.3, 0.4) is 0 Å². The second-order valence-electron chi connectivity index (χ2n) is 3.98. The van der Waals surface area contributed by atoms with Gasteiger partial charge in [-0.05, 0) is 42.8 Å². The van der Waals surface area contributed by atoms with Gasteiger partial charge >= 0.3 is 0 Å². The number of hydrogen-bond donors (Lipinski definition) is 1. The van der Waals surface area contributed by atoms with Gasteiger partial charge in [0.1, 0.15) is 0 Å². The molecule has 1 aromatic carbocycles. The van der Waals surface area contributed by atoms with E-state index in [4.69, 9.17) is 34.8 Å². The lowest BCUT2D eigenvalue weighted by molar-refractivity contribution is 0.583. The average molecular weight is 321 g/mol. The Morgan fingerprint density at radius 1 is 1.17 bits per heavy atom. The Bertz CT molecular complexity index is 539. The Hall–Kier alpha value is -0.250. The smallest absolute Gasteiger partial charge is 0.0931 e. The molecule has 0 spiro atoms. The van der Waals surface area contributed by atoms with Gasteiger partial charge in [0.2, 0.25) is 0 Å². The number of thiophene rings is 1. The summed E-state index contributed by atoms with van der Waals surface area (Å²) in [5, 5.41) is 4.83. The van der Waals surface area contributed by atoms with Crippen LogP contribution in [0, 0.1) is 0 Å². The van der Waals surface area contributed by atoms with E-state index in [9.17, 15) is 0 Å². The van der Waals surface area contributed by atoms with Gasteiger partial charge in [0.25, 0.3) is 0 Å². The molecule has 2 aromatic rings. The monoisotopic (exact) mass is 319 g/mol. The molecule has 0 amide bonds. The van der Waals surface area contributed by atoms with Crippen molar-refractivity contribution in [2.24, 2.45) is 0 Å². The Morgan fingerprint density at radius 2 is 1.94 bits per heavy atom. The van der Waals surface area contributed by atoms with Crippen LogP contribution in [0.5, 0.6) is 0 Å². The van der Waals surface area contributed by atoms with Crippen LogP contribution in [0.2, 0.25) is 14.4 Å². The molecule has 1 nitrogen and oxygen atoms in total. The molecule has 5 heteroatoms. The standard InChI is InChI=1S/C13H12Cl3NS/c1-8(12-4-5-13(16)18-12)17-7-9-6-10(14)2-3-11(9)15/h2-6,8,17H,7H2,1H3. The molecule has 0 saturated carbocycles. The Morgan fingerprint density at radius 3 is 2.61 bits per heavy atom. The summed E-state index contributed by atoms with van der Waals surface area (Å²) in [5.41, 5.74) is 0.999. The molecule has 0 aliphatic rings. The molecular formula is C13H12Cl3NS. The minimum Gasteiger partial charge on any atom is -0.305 e. The number of hydrogen-bond acceptors (Lipinski definition) is 2. The first kappa shape index (κ1) is 14.2. The third kappa shape index (κ3) is 3.62. The zero-order valence-electron chi connectivity index (χ0n) is 9.71. The van der Waals surface area contributed by atoms with E-state index in [0.717, 1.165) is 14.9 Å². The van der Waals surface area contributed by atoms with Crippen molar-refractivity contribution in [2.45, 2.75) is 19.5 Å². The molecule has 1 aromatic heterocycles. The summed E-state index contributed by atoms with van der Waals surface area (Å²) >= 11 is 19.6. The van der Waals surface area contributed by atoms with Gasteiger partial charge in [-0.3, -0.25) is 0 Å². The zero-order valence-corrected chi connectivity index (χ0v) is 12.8. The van der Waals surface area contributed by atoms with E-state index in [1.54, 1.807) is 17.4 Å². The predicted molar refractivity (Wildman–Crippen MR) is 81.0 cm³/mol. The fourth-order valence-corrected chi connectivity index (χ4v) is 3.07. The summed E-state index contributed by atoms with van der Waals surface area (Å²) in [6, 6.07) is 9.66. The summed E-state index contributed by atoms with van der Waals surface area (Å²) < 4.78 is 0.805. The normalized spacial score (nSPS) is 12.7. The maximum Gasteiger partial charge on any atom is 0.0931 e. The summed E-state index contributed by atoms with van der Waals surface area (Å²) in [5.74, 6) is 0. The average Bonchev–Trinajstić information content (AvgIpc) is 2.77. The summed E-state index contributed by atoms with van der Waals surface area (Å²) in [6.45, 7) is 2.77. The van der Waals surface area contributed by atoms with Crippen LogP contribution in [0.25, 0.3) is 0 Å². The van der Waals surface area contributed by atoms with Crippen molar-refractivity contribution in [2.75, 3.05) is 0 Å². The fourth-order valence-electron chi connectivity index (χ4n) is 1.60. The number of rotatable bonds is 4. The molecule has 1 heterocycles. The van der Waals surface area contributed by atoms with Crippen LogP contribution in [0.4, 0.5) is 0 Å². The van der Waals surface area contributed by atoms with Crippen molar-refractivity contribution in [3.8, 4) is 0 Å². The van der Waals surface area contributed by atoms with Gasteiger partial charge in [0.15, 0.2) is 0 Å². The van der Waals surface area contributed by atoms with E-state index in [0.29, 0.717) is 11.6 Å². The second kappa shape index (κ2) is 6.27. The van der Waals surface area contributed by atoms with Crippen molar-refractivity contribution >= 4 is 46.1 Å². The molecule has 0 bridgehead atoms. The highest BCUT2D eigenvalue weighted by molar-refractivity contribution is 7.16. The molecule has 0 aliphatic heterocycles. The van der Waals surface area contributed by atoms with Gasteiger partial charge in [0, 0.05) is 27.5 Å². The Kier molecular flexibility index (Phi) is 4.93. The SMILES string of the molecule is CC(NCc1cc(Cl)ccc1Cl)c1ccc(Cl)s1. The van der Waals surface area contributed by atoms with Crippen molar-refractivity contribution in [1.29, 1.82) is 0 Å². The Balaban J connectivity index is 2.01. The zero-order chi connectivity index (χ0) is 13.1. The quantitative estimate of drug-likeness (QED) is 0.777. The third-order valence-electron chi connectivity index (χ3n) is 2.63. The number of nitrogens with one attached hydrogen (secondary N) is 1. The first-order valence-electron chi connectivity index (χ1n) is 5.49. The van der Waals surface area contributed by atoms with Gasteiger partial charge in [0.05, 0.1) is 4.34 Å². The summed E-state index contributed by atoms with van der Waals surface area (Å²) in [6.07, 6.45) is 0. The third-order valence-corrected chi connectivity index (χ3v) is 4.64. The van der Waals surface area contributed by atoms with Crippen molar-refractivity contribution in [1.82, 2.24) is 5.32 Å². The highest BCUT2D eigenvalue weighted by atomic mass is 35.5. The van der Waals surface area contributed by atoms with Crippen LogP contribution in [0.1, 0.15) is 23.4 Å². The molecule has 1 atom stereocenters. The Labute approximate surface area is 126 Å². The lowest BCUT2D eigenvalue weighted by atomic mass is 10.2. The molecule has 0 saturated heterocycles. The van der Waals surface area contributed by atoms with E-state index < -0.39 is 0 Å². The number of benzene rings is 1. The first-order valence-corrected chi connectivity index (χ1v) is 7.44. The van der Waals surface area contributed by atoms with E-state index in [1.165, 1.54) is 4.88 Å². The molecule has 1 unspecified atom stereocenters. The van der Waals surface area contributed by atoms with Crippen LogP contribution >= 0.6 is 46.1 Å². The predicted octanol–water partition coefficient (Wildman–Crippen LogP) is 5.56. The summed E-state index contributed by atoms with van der Waals surface area (Å²) in [4.78, 5) is 1.21. The van der Waals surface area contributed by atoms with E-state index in [1.807, 2.05) is 24.3 Å². The van der Waals surface area contributed by atoms with Crippen LogP contribution in [-0.2, 0) is 6.54 Å². The second-order valence-corrected chi connectivity index (χ2v) is 6.57. The van der Waals surface area contributed by atoms with Gasteiger partial charge < -0.3 is 5.32 Å². The van der Waals surface area contributed by atoms with Crippen molar-refractivity contribution in [3.05, 3.63) is 55.2 Å². The molecule has 2 rings (SSSR count). The molecule has 0 radical (unpaired) electrons. The molecule has 1 N–H and O–H groups in total. The molecular weight excluding hydrogens is 309 g/mol. The fraction of sp³-hybridized carbons (Fsp3) is 0.231. The minimum absolute atomic E-state index is 0.234. The first-order chi connectivity index (χ1) is 8.56. The van der Waals surface area contributed by atoms with Crippen LogP contribution in [-0.4, -0.2) is 0 Å². The molecule has 96 valence electrons. The lowest BCUT2D eigenvalue weighted by Gasteiger charge is -2.13. The molecule has 0 aliphatic carbocycles. The maximum absolute atomic E-state index is 6.11. The van der Waals surface area contributed by atoms with Gasteiger partial charge in [-0.1, -0.05) is 34.8 Å². The van der Waals surface area contributed by atoms with Crippen LogP contribution in [0.15, 0.2) is 30.3 Å². The maximum atomic E-state index is 6.11. The van der Waals surface area contributed by atoms with E-state index >= 15 is 0 Å². The minimum atomic E-state index is 0.234. The van der Waals surface area contributed by atoms with Crippen molar-refractivity contribution in [3.63, 3.8) is 0 Å². The highest BCUT2D eigenvalue weighted by Crippen LogP contribution is 2.27. The van der Waals surface area contributed by atoms with Crippen LogP contribution < -0.4 is 5.32 Å². The van der Waals surface area contributed by atoms with E-state index in [2.05, 4.69) is 12.2 Å². The van der Waals surface area contributed by atoms with Gasteiger partial charge in [-0.15, -0.1) is 11.3 Å². The molecule has 18 heavy (non-hydrogen) atoms.